The van der Waals surface area contributed by atoms with Crippen molar-refractivity contribution in [2.45, 2.75) is 6.10 Å². The van der Waals surface area contributed by atoms with Gasteiger partial charge >= 0.3 is 5.97 Å². The summed E-state index contributed by atoms with van der Waals surface area (Å²) in [6.45, 7) is 0. The van der Waals surface area contributed by atoms with Gasteiger partial charge < -0.3 is 9.47 Å². The Bertz CT molecular complexity index is 778. The summed E-state index contributed by atoms with van der Waals surface area (Å²) in [7, 11) is 1.35. The van der Waals surface area contributed by atoms with Gasteiger partial charge in [-0.1, -0.05) is 54.1 Å². The van der Waals surface area contributed by atoms with Crippen molar-refractivity contribution in [1.82, 2.24) is 0 Å². The lowest BCUT2D eigenvalue weighted by Gasteiger charge is -2.13. The summed E-state index contributed by atoms with van der Waals surface area (Å²) in [5.41, 5.74) is 1.33. The molecular weight excluding hydrogens is 316 g/mol. The molecule has 0 amide bonds. The summed E-state index contributed by atoms with van der Waals surface area (Å²) in [5.74, 6) is -1.00. The summed E-state index contributed by atoms with van der Waals surface area (Å²) in [4.78, 5) is 24.8. The molecule has 1 heterocycles. The third-order valence-electron chi connectivity index (χ3n) is 3.57. The Morgan fingerprint density at radius 2 is 1.74 bits per heavy atom. The third kappa shape index (κ3) is 2.85. The molecule has 0 saturated heterocycles. The molecule has 0 aliphatic carbocycles. The Kier molecular flexibility index (Phi) is 4.17. The first-order valence-corrected chi connectivity index (χ1v) is 7.34. The zero-order valence-corrected chi connectivity index (χ0v) is 13.0. The van der Waals surface area contributed by atoms with Crippen molar-refractivity contribution in [1.29, 1.82) is 0 Å². The molecule has 4 nitrogen and oxygen atoms in total. The fourth-order valence-corrected chi connectivity index (χ4v) is 2.61. The van der Waals surface area contributed by atoms with Gasteiger partial charge in [0.25, 0.3) is 0 Å². The quantitative estimate of drug-likeness (QED) is 0.634. The first-order chi connectivity index (χ1) is 11.1. The minimum atomic E-state index is -0.803. The number of carbonyl (C=O) groups excluding carboxylic acids is 2. The minimum Gasteiger partial charge on any atom is -0.489 e. The first kappa shape index (κ1) is 15.3. The summed E-state index contributed by atoms with van der Waals surface area (Å²) in [5, 5.41) is 0.560. The normalized spacial score (nSPS) is 17.1. The maximum atomic E-state index is 12.8. The molecule has 23 heavy (non-hydrogen) atoms. The van der Waals surface area contributed by atoms with E-state index in [0.29, 0.717) is 16.1 Å². The molecule has 1 atom stereocenters. The number of hydrogen-bond acceptors (Lipinski definition) is 4. The summed E-state index contributed by atoms with van der Waals surface area (Å²) >= 11 is 5.89. The van der Waals surface area contributed by atoms with Crippen molar-refractivity contribution in [3.8, 4) is 0 Å². The predicted octanol–water partition coefficient (Wildman–Crippen LogP) is 3.72. The minimum absolute atomic E-state index is 0.0567. The zero-order chi connectivity index (χ0) is 16.4. The molecule has 2 aromatic rings. The molecule has 0 bridgehead atoms. The van der Waals surface area contributed by atoms with Crippen molar-refractivity contribution in [2.75, 3.05) is 7.11 Å². The average molecular weight is 329 g/mol. The molecule has 0 spiro atoms. The highest BCUT2D eigenvalue weighted by Crippen LogP contribution is 2.37. The number of ether oxygens (including phenoxy) is 2. The highest BCUT2D eigenvalue weighted by Gasteiger charge is 2.40. The Morgan fingerprint density at radius 1 is 1.09 bits per heavy atom. The second kappa shape index (κ2) is 6.26. The molecule has 0 radical (unpaired) electrons. The number of methoxy groups -OCH3 is 1. The first-order valence-electron chi connectivity index (χ1n) is 6.96. The van der Waals surface area contributed by atoms with Crippen LogP contribution in [0.15, 0.2) is 65.9 Å². The average Bonchev–Trinajstić information content (AvgIpc) is 2.92. The lowest BCUT2D eigenvalue weighted by atomic mass is 9.94. The number of cyclic esters (lactones) is 1. The van der Waals surface area contributed by atoms with Gasteiger partial charge in [-0.15, -0.1) is 0 Å². The molecule has 1 aliphatic rings. The monoisotopic (exact) mass is 328 g/mol. The number of ketones is 1. The SMILES string of the molecule is COC1=C(C(=O)c2ccccc2)C(c2ccc(Cl)cc2)OC1=O. The number of carbonyl (C=O) groups is 2. The maximum Gasteiger partial charge on any atom is 0.375 e. The van der Waals surface area contributed by atoms with Crippen LogP contribution in [-0.4, -0.2) is 18.9 Å². The van der Waals surface area contributed by atoms with Gasteiger partial charge in [0.2, 0.25) is 5.76 Å². The molecule has 0 fully saturated rings. The van der Waals surface area contributed by atoms with Gasteiger partial charge in [0.15, 0.2) is 11.9 Å². The van der Waals surface area contributed by atoms with Gasteiger partial charge in [0.1, 0.15) is 0 Å². The van der Waals surface area contributed by atoms with Crippen LogP contribution in [0.2, 0.25) is 5.02 Å². The molecule has 0 aromatic heterocycles. The van der Waals surface area contributed by atoms with E-state index in [1.54, 1.807) is 48.5 Å². The van der Waals surface area contributed by atoms with Crippen LogP contribution < -0.4 is 0 Å². The lowest BCUT2D eigenvalue weighted by Crippen LogP contribution is -2.11. The molecule has 116 valence electrons. The smallest absolute Gasteiger partial charge is 0.375 e. The van der Waals surface area contributed by atoms with Gasteiger partial charge in [0, 0.05) is 10.6 Å². The highest BCUT2D eigenvalue weighted by molar-refractivity contribution is 6.30. The number of halogens is 1. The van der Waals surface area contributed by atoms with Crippen LogP contribution in [0.25, 0.3) is 0 Å². The number of benzene rings is 2. The second-order valence-corrected chi connectivity index (χ2v) is 5.42. The van der Waals surface area contributed by atoms with Crippen LogP contribution in [0.5, 0.6) is 0 Å². The van der Waals surface area contributed by atoms with E-state index in [2.05, 4.69) is 0 Å². The van der Waals surface area contributed by atoms with Gasteiger partial charge in [-0.2, -0.15) is 0 Å². The van der Waals surface area contributed by atoms with Crippen molar-refractivity contribution >= 4 is 23.4 Å². The standard InChI is InChI=1S/C18H13ClO4/c1-22-17-14(15(20)11-5-3-2-4-6-11)16(23-18(17)21)12-7-9-13(19)10-8-12/h2-10,16H,1H3. The van der Waals surface area contributed by atoms with Crippen LogP contribution in [0.3, 0.4) is 0 Å². The largest absolute Gasteiger partial charge is 0.489 e. The van der Waals surface area contributed by atoms with E-state index in [1.165, 1.54) is 7.11 Å². The van der Waals surface area contributed by atoms with Crippen molar-refractivity contribution in [2.24, 2.45) is 0 Å². The molecule has 5 heteroatoms. The lowest BCUT2D eigenvalue weighted by molar-refractivity contribution is -0.142. The molecule has 2 aromatic carbocycles. The molecule has 1 unspecified atom stereocenters. The number of esters is 1. The fraction of sp³-hybridized carbons (Fsp3) is 0.111. The summed E-state index contributed by atoms with van der Waals surface area (Å²) in [6, 6.07) is 15.5. The molecule has 1 aliphatic heterocycles. The fourth-order valence-electron chi connectivity index (χ4n) is 2.48. The van der Waals surface area contributed by atoms with Crippen molar-refractivity contribution < 1.29 is 19.1 Å². The number of rotatable bonds is 4. The van der Waals surface area contributed by atoms with Gasteiger partial charge in [-0.25, -0.2) is 4.79 Å². The molecule has 0 N–H and O–H groups in total. The van der Waals surface area contributed by atoms with Crippen LogP contribution in [0.1, 0.15) is 22.0 Å². The maximum absolute atomic E-state index is 12.8. The molecule has 3 rings (SSSR count). The summed E-state index contributed by atoms with van der Waals surface area (Å²) in [6.07, 6.45) is -0.803. The van der Waals surface area contributed by atoms with Crippen molar-refractivity contribution in [3.05, 3.63) is 82.1 Å². The molecule has 0 saturated carbocycles. The number of hydrogen-bond donors (Lipinski definition) is 0. The van der Waals surface area contributed by atoms with E-state index in [-0.39, 0.29) is 17.1 Å². The van der Waals surface area contributed by atoms with E-state index >= 15 is 0 Å². The van der Waals surface area contributed by atoms with Gasteiger partial charge in [0.05, 0.1) is 12.7 Å². The van der Waals surface area contributed by atoms with E-state index in [0.717, 1.165) is 0 Å². The second-order valence-electron chi connectivity index (χ2n) is 4.98. The summed E-state index contributed by atoms with van der Waals surface area (Å²) < 4.78 is 10.5. The predicted molar refractivity (Wildman–Crippen MR) is 85.1 cm³/mol. The molecular formula is C18H13ClO4. The van der Waals surface area contributed by atoms with Crippen LogP contribution in [-0.2, 0) is 14.3 Å². The number of Topliss-reactive ketones (excluding diaryl/α,β-unsaturated/α-hetero) is 1. The van der Waals surface area contributed by atoms with Gasteiger partial charge in [-0.3, -0.25) is 4.79 Å². The topological polar surface area (TPSA) is 52.6 Å². The Labute approximate surface area is 138 Å². The van der Waals surface area contributed by atoms with E-state index in [4.69, 9.17) is 21.1 Å². The van der Waals surface area contributed by atoms with E-state index in [1.807, 2.05) is 6.07 Å². The van der Waals surface area contributed by atoms with E-state index < -0.39 is 12.1 Å². The van der Waals surface area contributed by atoms with Gasteiger partial charge in [-0.05, 0) is 17.7 Å². The van der Waals surface area contributed by atoms with Crippen molar-refractivity contribution in [3.63, 3.8) is 0 Å². The Morgan fingerprint density at radius 3 is 2.35 bits per heavy atom. The van der Waals surface area contributed by atoms with Crippen LogP contribution in [0.4, 0.5) is 0 Å². The Hall–Kier alpha value is -2.59. The zero-order valence-electron chi connectivity index (χ0n) is 12.3. The Balaban J connectivity index is 2.07. The third-order valence-corrected chi connectivity index (χ3v) is 3.83. The highest BCUT2D eigenvalue weighted by atomic mass is 35.5. The van der Waals surface area contributed by atoms with Crippen LogP contribution in [0, 0.1) is 0 Å². The van der Waals surface area contributed by atoms with E-state index in [9.17, 15) is 9.59 Å². The van der Waals surface area contributed by atoms with Crippen LogP contribution >= 0.6 is 11.6 Å².